The Balaban J connectivity index is 3.57. The maximum Gasteiger partial charge on any atom is 0.326 e. The summed E-state index contributed by atoms with van der Waals surface area (Å²) in [7, 11) is 0. The molecule has 0 bridgehead atoms. The van der Waals surface area contributed by atoms with Crippen LogP contribution in [0.1, 0.15) is 177 Å². The van der Waals surface area contributed by atoms with Crippen molar-refractivity contribution in [3.05, 3.63) is 0 Å². The molecular weight excluding hydrogens is 1960 g/mol. The van der Waals surface area contributed by atoms with E-state index in [0.717, 1.165) is 25.7 Å². The average molecular weight is 2100 g/mol. The van der Waals surface area contributed by atoms with Crippen LogP contribution < -0.4 is 141 Å². The molecule has 1 aliphatic heterocycles. The number of rotatable bonds is 71. The topological polar surface area (TPSA) is 1060 Å². The van der Waals surface area contributed by atoms with Gasteiger partial charge in [-0.15, -0.1) is 0 Å². The lowest BCUT2D eigenvalue weighted by Crippen LogP contribution is -2.61. The lowest BCUT2D eigenvalue weighted by atomic mass is 10.00. The number of hydrogen-bond acceptors (Lipinski definition) is 34. The molecule has 20 atom stereocenters. The molecule has 147 heavy (non-hydrogen) atoms. The van der Waals surface area contributed by atoms with Gasteiger partial charge in [-0.1, -0.05) is 27.7 Å². The first-order valence-electron chi connectivity index (χ1n) is 46.4. The summed E-state index contributed by atoms with van der Waals surface area (Å²) in [4.78, 5) is 359. The molecule has 23 amide bonds. The van der Waals surface area contributed by atoms with Crippen LogP contribution in [0, 0.1) is 17.2 Å². The highest BCUT2D eigenvalue weighted by Crippen LogP contribution is 2.22. The summed E-state index contributed by atoms with van der Waals surface area (Å²) < 4.78 is 0. The van der Waals surface area contributed by atoms with Crippen LogP contribution in [0.3, 0.4) is 0 Å². The number of aliphatic hydroxyl groups is 4. The van der Waals surface area contributed by atoms with Gasteiger partial charge < -0.3 is 187 Å². The molecule has 63 heteroatoms. The number of nitrogens with zero attached hydrogens (tertiary/aromatic N) is 1. The minimum atomic E-state index is -2.23. The van der Waals surface area contributed by atoms with Gasteiger partial charge in [-0.25, -0.2) is 4.79 Å². The summed E-state index contributed by atoms with van der Waals surface area (Å²) in [6, 6.07) is -32.8. The molecule has 63 nitrogen and oxygen atoms in total. The molecule has 0 aromatic rings. The van der Waals surface area contributed by atoms with Crippen molar-refractivity contribution in [3.63, 3.8) is 0 Å². The van der Waals surface area contributed by atoms with E-state index in [2.05, 4.69) is 90.4 Å². The van der Waals surface area contributed by atoms with Crippen LogP contribution in [-0.2, 0) is 129 Å². The number of carbonyl (C=O) groups is 27. The molecule has 0 unspecified atom stereocenters. The van der Waals surface area contributed by atoms with E-state index in [1.54, 1.807) is 27.7 Å². The van der Waals surface area contributed by atoms with E-state index in [1.165, 1.54) is 6.92 Å². The van der Waals surface area contributed by atoms with Crippen LogP contribution in [0.4, 0.5) is 0 Å². The van der Waals surface area contributed by atoms with Crippen molar-refractivity contribution in [1.82, 2.24) is 106 Å². The third kappa shape index (κ3) is 50.2. The molecule has 42 N–H and O–H groups in total. The standard InChI is InChI=1S/C84H140N28O35/c1-35(2)25-46(103-74(137)49(28-58(89)120)105-73(136)47(26-36(3)4)104-78(141)53(34-114)110-80(143)64(90)39(7)115)72(135)101-43(16-19-55(86)117)71(134)100-42(13-9-10-22-85)70(133)106-50(29-62(125)126)75(138)102-44(18-21-61(123)124)82(145)112-24-12-15-54(112)79(142)108-48(27-57(88)119)68(131)95-32-59(121)98-41(14-11-23-93-84(91)92)69(132)96-38(6)67(130)109-52(33-113)77(140)107-51(30-63(127)128)76(139)111-65(40(8)116)81(144)97-37(5)66(129)94-31-60(122)99-45(83(146)147)17-20-56(87)118/h35-54,64-65,113-116H,9-34,85,90H2,1-8H3,(H2,86,117)(H2,87,118)(H2,88,119)(H2,89,120)(H,94,129)(H,95,131)(H,96,132)(H,97,144)(H,98,121)(H,99,122)(H,100,134)(H,101,135)(H,102,138)(H,103,137)(H,104,141)(H,105,136)(H,106,133)(H,107,140)(H,108,142)(H,109,130)(H,110,143)(H,111,139)(H,123,124)(H,125,126)(H,127,128)(H,146,147)(H4,91,92,93)/t37-,38-,39+,40+,41-,42-,43-,44-,45-,46-,47-,48-,49-,50-,51-,52-,53-,54-,64-,65-/m0/s1. The van der Waals surface area contributed by atoms with Gasteiger partial charge in [0, 0.05) is 32.4 Å². The molecule has 0 aliphatic carbocycles. The van der Waals surface area contributed by atoms with Gasteiger partial charge in [-0.2, -0.15) is 0 Å². The third-order valence-corrected chi connectivity index (χ3v) is 21.6. The van der Waals surface area contributed by atoms with Gasteiger partial charge >= 0.3 is 23.9 Å². The number of carbonyl (C=O) groups excluding carboxylic acids is 23. The zero-order valence-electron chi connectivity index (χ0n) is 82.2. The smallest absolute Gasteiger partial charge is 0.326 e. The van der Waals surface area contributed by atoms with Crippen LogP contribution in [0.2, 0.25) is 0 Å². The molecule has 1 aliphatic rings. The van der Waals surface area contributed by atoms with Crippen molar-refractivity contribution in [2.45, 2.75) is 298 Å². The van der Waals surface area contributed by atoms with Crippen molar-refractivity contribution in [2.75, 3.05) is 45.9 Å². The monoisotopic (exact) mass is 2100 g/mol. The lowest BCUT2D eigenvalue weighted by Gasteiger charge is -2.30. The number of aliphatic carboxylic acids is 4. The molecule has 1 fully saturated rings. The maximum absolute atomic E-state index is 14.7. The molecule has 0 aromatic carbocycles. The summed E-state index contributed by atoms with van der Waals surface area (Å²) in [5.41, 5.74) is 38.2. The Labute approximate surface area is 840 Å². The highest BCUT2D eigenvalue weighted by molar-refractivity contribution is 6.04. The van der Waals surface area contributed by atoms with E-state index in [9.17, 15) is 170 Å². The number of guanidine groups is 1. The van der Waals surface area contributed by atoms with Crippen LogP contribution in [0.5, 0.6) is 0 Å². The van der Waals surface area contributed by atoms with E-state index in [-0.39, 0.29) is 83.3 Å². The zero-order chi connectivity index (χ0) is 112. The number of aliphatic hydroxyl groups excluding tert-OH is 4. The molecule has 0 aromatic heterocycles. The van der Waals surface area contributed by atoms with Crippen molar-refractivity contribution in [2.24, 2.45) is 52.0 Å². The van der Waals surface area contributed by atoms with Gasteiger partial charge in [-0.05, 0) is 123 Å². The van der Waals surface area contributed by atoms with Crippen molar-refractivity contribution in [3.8, 4) is 0 Å². The first-order valence-corrected chi connectivity index (χ1v) is 46.4. The second-order valence-corrected chi connectivity index (χ2v) is 35.2. The fourth-order valence-corrected chi connectivity index (χ4v) is 13.8. The van der Waals surface area contributed by atoms with Gasteiger partial charge in [0.25, 0.3) is 0 Å². The fraction of sp³-hybridized carbons (Fsp3) is 0.667. The quantitative estimate of drug-likeness (QED) is 0.0153. The minimum Gasteiger partial charge on any atom is -0.481 e. The Morgan fingerprint density at radius 2 is 0.707 bits per heavy atom. The number of primary amides is 4. The predicted octanol–water partition coefficient (Wildman–Crippen LogP) is -17.3. The van der Waals surface area contributed by atoms with Crippen LogP contribution in [0.15, 0.2) is 0 Å². The third-order valence-electron chi connectivity index (χ3n) is 21.6. The zero-order valence-corrected chi connectivity index (χ0v) is 82.2. The molecular formula is C84H140N28O35. The van der Waals surface area contributed by atoms with Gasteiger partial charge in [0.1, 0.15) is 109 Å². The highest BCUT2D eigenvalue weighted by atomic mass is 16.4. The Bertz CT molecular complexity index is 4680. The summed E-state index contributed by atoms with van der Waals surface area (Å²) in [5, 5.41) is 129. The Morgan fingerprint density at radius 3 is 1.14 bits per heavy atom. The van der Waals surface area contributed by atoms with E-state index >= 15 is 0 Å². The van der Waals surface area contributed by atoms with Crippen molar-refractivity contribution in [1.29, 1.82) is 5.41 Å². The summed E-state index contributed by atoms with van der Waals surface area (Å²) in [6.45, 7) is 5.91. The maximum atomic E-state index is 14.7. The molecule has 0 saturated carbocycles. The number of nitrogens with two attached hydrogens (primary N) is 7. The number of hydrogen-bond donors (Lipinski definition) is 35. The minimum absolute atomic E-state index is 0.00334. The molecule has 1 heterocycles. The second-order valence-electron chi connectivity index (χ2n) is 35.2. The molecule has 0 spiro atoms. The first-order chi connectivity index (χ1) is 68.6. The van der Waals surface area contributed by atoms with E-state index in [4.69, 9.17) is 45.5 Å². The number of amides is 23. The van der Waals surface area contributed by atoms with E-state index in [1.807, 2.05) is 10.6 Å². The molecule has 1 rings (SSSR count). The number of carboxylic acids is 4. The van der Waals surface area contributed by atoms with Crippen LogP contribution in [0.25, 0.3) is 0 Å². The first kappa shape index (κ1) is 130. The van der Waals surface area contributed by atoms with Crippen molar-refractivity contribution < 1.29 is 170 Å². The molecule has 0 radical (unpaired) electrons. The number of nitrogens with one attached hydrogen (secondary N) is 20. The number of carboxylic acid groups (broad SMARTS) is 4. The Kier molecular flexibility index (Phi) is 58.1. The summed E-state index contributed by atoms with van der Waals surface area (Å²) in [5.74, 6) is -36.0. The largest absolute Gasteiger partial charge is 0.481 e. The fourth-order valence-electron chi connectivity index (χ4n) is 13.8. The van der Waals surface area contributed by atoms with Crippen LogP contribution in [-0.4, -0.2) is 378 Å². The highest BCUT2D eigenvalue weighted by Gasteiger charge is 2.44. The number of unbranched alkanes of at least 4 members (excludes halogenated alkanes) is 1. The van der Waals surface area contributed by atoms with Gasteiger partial charge in [0.2, 0.25) is 136 Å². The Morgan fingerprint density at radius 1 is 0.347 bits per heavy atom. The van der Waals surface area contributed by atoms with E-state index < -0.39 is 383 Å². The predicted molar refractivity (Wildman–Crippen MR) is 503 cm³/mol. The van der Waals surface area contributed by atoms with Crippen molar-refractivity contribution >= 4 is 166 Å². The Hall–Kier alpha value is -15.3. The van der Waals surface area contributed by atoms with Gasteiger partial charge in [-0.3, -0.25) is 130 Å². The van der Waals surface area contributed by atoms with Crippen LogP contribution >= 0.6 is 0 Å². The average Bonchev–Trinajstić information content (AvgIpc) is 1.68. The SMILES string of the molecule is CC(C)C[C@H](NC(=O)[C@H](CC(N)=O)NC(=O)[C@H](CC(C)C)NC(=O)[C@H](CO)NC(=O)[C@@H](N)[C@@H](C)O)C(=O)N[C@@H](CCC(N)=O)C(=O)N[C@@H](CCCCN)C(=O)N[C@@H](CC(=O)O)C(=O)N[C@@H](CCC(=O)O)C(=O)N1CCC[C@H]1C(=O)N[C@@H](CC(N)=O)C(=O)NCC(=O)N[C@@H](CCCNC(=N)N)C(=O)N[C@@H](C)C(=O)N[C@@H](CO)C(=O)N[C@@H](CC(=O)O)C(=O)N[C@H](C(=O)N[C@@H](C)C(=O)NCC(=O)N[C@@H](CCC(N)=O)C(=O)O)[C@@H](C)O. The molecule has 826 valence electrons. The normalized spacial score (nSPS) is 15.9. The van der Waals surface area contributed by atoms with E-state index in [0.29, 0.717) is 0 Å². The lowest BCUT2D eigenvalue weighted by molar-refractivity contribution is -0.144. The molecule has 1 saturated heterocycles. The second kappa shape index (κ2) is 65.9. The summed E-state index contributed by atoms with van der Waals surface area (Å²) >= 11 is 0. The van der Waals surface area contributed by atoms with Gasteiger partial charge in [0.15, 0.2) is 5.96 Å². The van der Waals surface area contributed by atoms with Gasteiger partial charge in [0.05, 0.1) is 64.2 Å². The summed E-state index contributed by atoms with van der Waals surface area (Å²) in [6.07, 6.45) is -13.0. The number of likely N-dealkylation sites (tertiary alicyclic amines) is 1.